The molecule has 0 aromatic carbocycles. The van der Waals surface area contributed by atoms with Gasteiger partial charge in [0.25, 0.3) is 0 Å². The molecule has 122 valence electrons. The Kier molecular flexibility index (Phi) is 4.63. The van der Waals surface area contributed by atoms with Gasteiger partial charge >= 0.3 is 5.97 Å². The first kappa shape index (κ1) is 16.7. The summed E-state index contributed by atoms with van der Waals surface area (Å²) in [6.07, 6.45) is 1.38. The standard InChI is InChI=1S/C15H27NO5/c1-10(2)15(19,11(3)17)14(18)21-9-12-6-8-16(20)7-4-5-13(12)16/h10-13,17,19H,4-9H2,1-3H3/t11-,12+,13+,15-,16+/m1/s1. The van der Waals surface area contributed by atoms with E-state index in [1.165, 1.54) is 6.92 Å². The minimum Gasteiger partial charge on any atom is -0.633 e. The summed E-state index contributed by atoms with van der Waals surface area (Å²) in [5.74, 6) is -1.17. The van der Waals surface area contributed by atoms with Crippen molar-refractivity contribution >= 4 is 5.97 Å². The molecule has 21 heavy (non-hydrogen) atoms. The highest BCUT2D eigenvalue weighted by Crippen LogP contribution is 2.39. The topological polar surface area (TPSA) is 89.8 Å². The molecule has 2 rings (SSSR count). The molecular weight excluding hydrogens is 274 g/mol. The number of rotatable bonds is 5. The summed E-state index contributed by atoms with van der Waals surface area (Å²) in [5, 5.41) is 32.5. The number of quaternary nitrogens is 1. The van der Waals surface area contributed by atoms with Crippen LogP contribution in [0.5, 0.6) is 0 Å². The third kappa shape index (κ3) is 2.82. The minimum atomic E-state index is -1.89. The van der Waals surface area contributed by atoms with E-state index in [-0.39, 0.29) is 23.2 Å². The van der Waals surface area contributed by atoms with Crippen molar-refractivity contribution in [3.05, 3.63) is 5.21 Å². The predicted molar refractivity (Wildman–Crippen MR) is 76.9 cm³/mol. The first-order chi connectivity index (χ1) is 9.71. The lowest BCUT2D eigenvalue weighted by Gasteiger charge is -2.40. The smallest absolute Gasteiger partial charge is 0.341 e. The average Bonchev–Trinajstić information content (AvgIpc) is 2.91. The summed E-state index contributed by atoms with van der Waals surface area (Å²) in [6.45, 7) is 6.14. The first-order valence-corrected chi connectivity index (χ1v) is 7.87. The Labute approximate surface area is 125 Å². The zero-order valence-electron chi connectivity index (χ0n) is 13.1. The molecule has 6 heteroatoms. The van der Waals surface area contributed by atoms with Crippen LogP contribution in [0.4, 0.5) is 0 Å². The van der Waals surface area contributed by atoms with Crippen molar-refractivity contribution in [2.24, 2.45) is 11.8 Å². The van der Waals surface area contributed by atoms with E-state index >= 15 is 0 Å². The number of aliphatic hydroxyl groups is 2. The number of aliphatic hydroxyl groups excluding tert-OH is 1. The summed E-state index contributed by atoms with van der Waals surface area (Å²) in [5.41, 5.74) is -1.89. The van der Waals surface area contributed by atoms with Gasteiger partial charge in [-0.3, -0.25) is 0 Å². The molecule has 5 atom stereocenters. The van der Waals surface area contributed by atoms with Gasteiger partial charge in [-0.1, -0.05) is 13.8 Å². The maximum Gasteiger partial charge on any atom is 0.341 e. The molecule has 0 aromatic heterocycles. The van der Waals surface area contributed by atoms with Gasteiger partial charge < -0.3 is 24.8 Å². The third-order valence-corrected chi connectivity index (χ3v) is 5.34. The minimum absolute atomic E-state index is 0.0245. The van der Waals surface area contributed by atoms with Gasteiger partial charge in [0.15, 0.2) is 5.60 Å². The van der Waals surface area contributed by atoms with Crippen molar-refractivity contribution in [3.63, 3.8) is 0 Å². The van der Waals surface area contributed by atoms with Crippen LogP contribution in [0.3, 0.4) is 0 Å². The molecular formula is C15H27NO5. The van der Waals surface area contributed by atoms with Crippen molar-refractivity contribution in [1.29, 1.82) is 0 Å². The maximum atomic E-state index is 12.4. The summed E-state index contributed by atoms with van der Waals surface area (Å²) in [6, 6.07) is 0.0245. The summed E-state index contributed by atoms with van der Waals surface area (Å²) >= 11 is 0. The highest BCUT2D eigenvalue weighted by Gasteiger charge is 2.49. The number of carbonyl (C=O) groups excluding carboxylic acids is 1. The molecule has 2 aliphatic rings. The van der Waals surface area contributed by atoms with Crippen LogP contribution in [-0.2, 0) is 9.53 Å². The fourth-order valence-electron chi connectivity index (χ4n) is 3.82. The lowest BCUT2D eigenvalue weighted by Crippen LogP contribution is -2.53. The van der Waals surface area contributed by atoms with Gasteiger partial charge in [0.2, 0.25) is 0 Å². The van der Waals surface area contributed by atoms with Gasteiger partial charge in [0.05, 0.1) is 31.2 Å². The van der Waals surface area contributed by atoms with Crippen LogP contribution in [0.1, 0.15) is 40.0 Å². The van der Waals surface area contributed by atoms with Crippen molar-refractivity contribution in [1.82, 2.24) is 0 Å². The fraction of sp³-hybridized carbons (Fsp3) is 0.933. The quantitative estimate of drug-likeness (QED) is 0.445. The Hall–Kier alpha value is -0.690. The number of hydroxylamine groups is 3. The largest absolute Gasteiger partial charge is 0.633 e. The number of ether oxygens (including phenoxy) is 1. The molecule has 2 saturated heterocycles. The Morgan fingerprint density at radius 1 is 1.38 bits per heavy atom. The van der Waals surface area contributed by atoms with Gasteiger partial charge in [-0.05, 0) is 12.8 Å². The van der Waals surface area contributed by atoms with Crippen LogP contribution >= 0.6 is 0 Å². The van der Waals surface area contributed by atoms with Crippen molar-refractivity contribution in [2.75, 3.05) is 19.7 Å². The second-order valence-corrected chi connectivity index (χ2v) is 6.91. The highest BCUT2D eigenvalue weighted by molar-refractivity contribution is 5.80. The second kappa shape index (κ2) is 5.83. The molecule has 2 aliphatic heterocycles. The lowest BCUT2D eigenvalue weighted by molar-refractivity contribution is -0.881. The maximum absolute atomic E-state index is 12.4. The number of fused-ring (bicyclic) bond motifs is 1. The third-order valence-electron chi connectivity index (χ3n) is 5.34. The van der Waals surface area contributed by atoms with E-state index in [1.807, 2.05) is 0 Å². The number of carbonyl (C=O) groups is 1. The molecule has 0 saturated carbocycles. The number of nitrogens with zero attached hydrogens (tertiary/aromatic N) is 1. The number of hydrogen-bond acceptors (Lipinski definition) is 5. The van der Waals surface area contributed by atoms with Crippen LogP contribution < -0.4 is 0 Å². The van der Waals surface area contributed by atoms with E-state index in [1.54, 1.807) is 13.8 Å². The van der Waals surface area contributed by atoms with E-state index in [0.717, 1.165) is 19.3 Å². The van der Waals surface area contributed by atoms with Crippen molar-refractivity contribution in [2.45, 2.75) is 57.8 Å². The molecule has 0 aromatic rings. The summed E-state index contributed by atoms with van der Waals surface area (Å²) in [4.78, 5) is 12.2. The highest BCUT2D eigenvalue weighted by atomic mass is 16.6. The van der Waals surface area contributed by atoms with Gasteiger partial charge in [-0.15, -0.1) is 0 Å². The normalized spacial score (nSPS) is 36.3. The molecule has 0 aliphatic carbocycles. The van der Waals surface area contributed by atoms with Crippen LogP contribution in [0, 0.1) is 17.0 Å². The van der Waals surface area contributed by atoms with E-state index in [9.17, 15) is 20.2 Å². The Morgan fingerprint density at radius 3 is 2.62 bits per heavy atom. The number of hydrogen-bond donors (Lipinski definition) is 2. The van der Waals surface area contributed by atoms with Crippen LogP contribution in [0.2, 0.25) is 0 Å². The molecule has 2 heterocycles. The Morgan fingerprint density at radius 2 is 2.05 bits per heavy atom. The van der Waals surface area contributed by atoms with E-state index < -0.39 is 23.6 Å². The van der Waals surface area contributed by atoms with Crippen LogP contribution in [-0.4, -0.2) is 58.3 Å². The summed E-state index contributed by atoms with van der Waals surface area (Å²) in [7, 11) is 0. The van der Waals surface area contributed by atoms with Crippen LogP contribution in [0.25, 0.3) is 0 Å². The molecule has 2 fully saturated rings. The van der Waals surface area contributed by atoms with E-state index in [0.29, 0.717) is 13.1 Å². The Balaban J connectivity index is 1.95. The predicted octanol–water partition coefficient (Wildman–Crippen LogP) is 0.794. The SMILES string of the molecule is CC(C)[C@](O)(C(=O)OC[C@@H]1CC[N@@+]2([O-])CCC[C@@H]12)[C@@H](C)O. The molecule has 2 N–H and O–H groups in total. The molecule has 0 amide bonds. The monoisotopic (exact) mass is 301 g/mol. The molecule has 0 unspecified atom stereocenters. The van der Waals surface area contributed by atoms with Crippen LogP contribution in [0.15, 0.2) is 0 Å². The molecule has 6 nitrogen and oxygen atoms in total. The van der Waals surface area contributed by atoms with Gasteiger partial charge in [-0.2, -0.15) is 0 Å². The zero-order chi connectivity index (χ0) is 15.8. The fourth-order valence-corrected chi connectivity index (χ4v) is 3.82. The Bertz CT molecular complexity index is 390. The van der Waals surface area contributed by atoms with Crippen molar-refractivity contribution in [3.8, 4) is 0 Å². The molecule has 0 bridgehead atoms. The lowest BCUT2D eigenvalue weighted by atomic mass is 9.85. The van der Waals surface area contributed by atoms with Gasteiger partial charge in [0.1, 0.15) is 6.61 Å². The summed E-state index contributed by atoms with van der Waals surface area (Å²) < 4.78 is 5.12. The molecule has 0 spiro atoms. The second-order valence-electron chi connectivity index (χ2n) is 6.91. The van der Waals surface area contributed by atoms with E-state index in [2.05, 4.69) is 0 Å². The van der Waals surface area contributed by atoms with Gasteiger partial charge in [0, 0.05) is 19.3 Å². The zero-order valence-corrected chi connectivity index (χ0v) is 13.1. The van der Waals surface area contributed by atoms with Gasteiger partial charge in [-0.25, -0.2) is 4.79 Å². The van der Waals surface area contributed by atoms with Crippen molar-refractivity contribution < 1.29 is 24.4 Å². The average molecular weight is 301 g/mol. The molecule has 0 radical (unpaired) electrons. The number of esters is 1. The first-order valence-electron chi connectivity index (χ1n) is 7.87. The van der Waals surface area contributed by atoms with E-state index in [4.69, 9.17) is 4.74 Å².